The van der Waals surface area contributed by atoms with Gasteiger partial charge in [-0.3, -0.25) is 19.1 Å². The number of sulfonamides is 1. The Morgan fingerprint density at radius 1 is 1.04 bits per heavy atom. The van der Waals surface area contributed by atoms with Gasteiger partial charge in [0.15, 0.2) is 0 Å². The number of ether oxygens (including phenoxy) is 5. The van der Waals surface area contributed by atoms with Gasteiger partial charge >= 0.3 is 6.09 Å². The quantitative estimate of drug-likeness (QED) is 0.328. The van der Waals surface area contributed by atoms with Crippen LogP contribution < -0.4 is 29.7 Å². The first kappa shape index (κ1) is 40.5. The van der Waals surface area contributed by atoms with E-state index in [0.717, 1.165) is 5.39 Å². The molecule has 0 radical (unpaired) electrons. The van der Waals surface area contributed by atoms with Gasteiger partial charge in [0, 0.05) is 43.8 Å². The molecule has 0 bridgehead atoms. The average molecular weight is 813 g/mol. The second-order valence-electron chi connectivity index (χ2n) is 16.2. The molecule has 3 N–H and O–H groups in total. The summed E-state index contributed by atoms with van der Waals surface area (Å²) in [5.74, 6) is -0.938. The van der Waals surface area contributed by atoms with E-state index in [2.05, 4.69) is 20.3 Å². The molecule has 2 saturated heterocycles. The largest absolute Gasteiger partial charge is 0.497 e. The van der Waals surface area contributed by atoms with Crippen molar-refractivity contribution in [3.63, 3.8) is 0 Å². The van der Waals surface area contributed by atoms with Gasteiger partial charge in [-0.2, -0.15) is 4.98 Å². The molecule has 17 nitrogen and oxygen atoms in total. The summed E-state index contributed by atoms with van der Waals surface area (Å²) in [6, 6.07) is 5.16. The van der Waals surface area contributed by atoms with E-state index in [4.69, 9.17) is 28.7 Å². The first-order chi connectivity index (χ1) is 27.2. The summed E-state index contributed by atoms with van der Waals surface area (Å²) in [7, 11) is -2.34. The molecule has 4 amide bonds. The van der Waals surface area contributed by atoms with Crippen LogP contribution in [0.5, 0.6) is 11.6 Å². The Labute approximate surface area is 332 Å². The van der Waals surface area contributed by atoms with Crippen molar-refractivity contribution in [1.29, 1.82) is 0 Å². The number of methoxy groups -OCH3 is 1. The maximum atomic E-state index is 14.6. The number of hydrogen-bond acceptors (Lipinski definition) is 13. The zero-order valence-electron chi connectivity index (χ0n) is 32.8. The molecule has 310 valence electrons. The number of pyridine rings is 1. The van der Waals surface area contributed by atoms with Crippen LogP contribution in [-0.2, 0) is 38.6 Å². The molecule has 0 spiro atoms. The molecule has 5 atom stereocenters. The molecule has 1 unspecified atom stereocenters. The van der Waals surface area contributed by atoms with Crippen molar-refractivity contribution in [2.75, 3.05) is 58.1 Å². The van der Waals surface area contributed by atoms with Gasteiger partial charge in [0.25, 0.3) is 5.91 Å². The molecule has 18 heteroatoms. The molecule has 2 saturated carbocycles. The van der Waals surface area contributed by atoms with Crippen LogP contribution in [0.2, 0.25) is 0 Å². The van der Waals surface area contributed by atoms with Crippen LogP contribution >= 0.6 is 0 Å². The van der Waals surface area contributed by atoms with Crippen LogP contribution in [0.1, 0.15) is 59.3 Å². The van der Waals surface area contributed by atoms with Crippen molar-refractivity contribution in [2.24, 2.45) is 5.92 Å². The Bertz CT molecular complexity index is 2010. The summed E-state index contributed by atoms with van der Waals surface area (Å²) in [6.07, 6.45) is 3.69. The van der Waals surface area contributed by atoms with E-state index < -0.39 is 74.3 Å². The molecule has 4 heterocycles. The zero-order valence-corrected chi connectivity index (χ0v) is 33.6. The monoisotopic (exact) mass is 812 g/mol. The topological polar surface area (TPSA) is 204 Å². The van der Waals surface area contributed by atoms with E-state index >= 15 is 0 Å². The molecule has 2 aromatic rings. The number of nitrogens with one attached hydrogen (secondary N) is 3. The van der Waals surface area contributed by atoms with E-state index in [9.17, 15) is 27.6 Å². The summed E-state index contributed by atoms with van der Waals surface area (Å²) in [4.78, 5) is 64.2. The predicted octanol–water partition coefficient (Wildman–Crippen LogP) is 2.17. The standard InChI is InChI=1S/C39H52N6O11S/c1-38(2,3)56-37(49)40-30-12-16-53-15-6-5-7-25-22-39(25,36(48)43-57(50,51)28-9-10-28)42-33(46)31-21-27(23-45(31)35(30)47)55-34-29-11-8-26(52-4)19-24(29)20-32(41-34)44-13-17-54-18-14-44/h5,7-8,11,19-20,25,27-28,30-31H,6,9-10,12-18,21-23H2,1-4H3,(H,40,49)(H,42,46)(H,43,48)/b7-5-/t25-,27?,30+,31+,39-/m1/s1. The second-order valence-corrected chi connectivity index (χ2v) is 18.2. The predicted molar refractivity (Wildman–Crippen MR) is 207 cm³/mol. The minimum absolute atomic E-state index is 0.00686. The smallest absolute Gasteiger partial charge is 0.408 e. The van der Waals surface area contributed by atoms with Gasteiger partial charge in [0.2, 0.25) is 27.7 Å². The number of morpholine rings is 1. The fourth-order valence-electron chi connectivity index (χ4n) is 7.48. The number of rotatable bonds is 8. The highest BCUT2D eigenvalue weighted by Gasteiger charge is 2.62. The maximum absolute atomic E-state index is 14.6. The lowest BCUT2D eigenvalue weighted by atomic mass is 10.1. The SMILES string of the molecule is COc1ccc2c(OC3C[C@H]4C(=O)N[C@]5(C(=O)NS(=O)(=O)C6CC6)C[C@H]5/C=C\CCOCC[C@H](NC(=O)OC(C)(C)C)C(=O)N4C3)nc(N3CCOCC3)cc2c1. The third kappa shape index (κ3) is 9.39. The number of benzene rings is 1. The van der Waals surface area contributed by atoms with E-state index in [-0.39, 0.29) is 39.0 Å². The Hall–Kier alpha value is -4.68. The van der Waals surface area contributed by atoms with Crippen molar-refractivity contribution in [3.8, 4) is 11.6 Å². The highest BCUT2D eigenvalue weighted by Crippen LogP contribution is 2.46. The van der Waals surface area contributed by atoms with Gasteiger partial charge in [-0.1, -0.05) is 12.2 Å². The Morgan fingerprint density at radius 3 is 2.51 bits per heavy atom. The van der Waals surface area contributed by atoms with Crippen LogP contribution in [-0.4, -0.2) is 130 Å². The van der Waals surface area contributed by atoms with Crippen molar-refractivity contribution >= 4 is 50.4 Å². The Morgan fingerprint density at radius 2 is 1.79 bits per heavy atom. The highest BCUT2D eigenvalue weighted by molar-refractivity contribution is 7.91. The Kier molecular flexibility index (Phi) is 11.6. The van der Waals surface area contributed by atoms with E-state index in [1.807, 2.05) is 24.3 Å². The van der Waals surface area contributed by atoms with Crippen molar-refractivity contribution in [2.45, 2.75) is 93.9 Å². The average Bonchev–Trinajstić information content (AvgIpc) is 4.09. The van der Waals surface area contributed by atoms with Gasteiger partial charge in [-0.05, 0) is 76.1 Å². The number of aromatic nitrogens is 1. The number of amides is 4. The molecular weight excluding hydrogens is 761 g/mol. The molecule has 57 heavy (non-hydrogen) atoms. The number of anilines is 1. The summed E-state index contributed by atoms with van der Waals surface area (Å²) in [5, 5.41) is 6.40. The van der Waals surface area contributed by atoms with E-state index in [0.29, 0.717) is 68.4 Å². The maximum Gasteiger partial charge on any atom is 0.408 e. The summed E-state index contributed by atoms with van der Waals surface area (Å²) < 4.78 is 57.0. The van der Waals surface area contributed by atoms with Crippen LogP contribution in [0.25, 0.3) is 10.8 Å². The highest BCUT2D eigenvalue weighted by atomic mass is 32.2. The third-order valence-corrected chi connectivity index (χ3v) is 12.6. The zero-order chi connectivity index (χ0) is 40.5. The van der Waals surface area contributed by atoms with Gasteiger partial charge < -0.3 is 44.1 Å². The second kappa shape index (κ2) is 16.3. The van der Waals surface area contributed by atoms with Crippen molar-refractivity contribution in [1.82, 2.24) is 25.2 Å². The van der Waals surface area contributed by atoms with Gasteiger partial charge in [-0.15, -0.1) is 0 Å². The van der Waals surface area contributed by atoms with Gasteiger partial charge in [0.1, 0.15) is 40.9 Å². The number of carbonyl (C=O) groups excluding carboxylic acids is 4. The molecule has 2 aliphatic carbocycles. The van der Waals surface area contributed by atoms with E-state index in [1.165, 1.54) is 4.90 Å². The van der Waals surface area contributed by atoms with Crippen LogP contribution in [0.15, 0.2) is 36.4 Å². The normalized spacial score (nSPS) is 27.9. The number of hydrogen-bond donors (Lipinski definition) is 3. The molecule has 1 aromatic heterocycles. The lowest BCUT2D eigenvalue weighted by Gasteiger charge is -2.30. The number of fused-ring (bicyclic) bond motifs is 3. The molecule has 4 fully saturated rings. The van der Waals surface area contributed by atoms with Gasteiger partial charge in [0.05, 0.1) is 38.7 Å². The summed E-state index contributed by atoms with van der Waals surface area (Å²) >= 11 is 0. The summed E-state index contributed by atoms with van der Waals surface area (Å²) in [5.41, 5.74) is -2.40. The van der Waals surface area contributed by atoms with Gasteiger partial charge in [-0.25, -0.2) is 13.2 Å². The van der Waals surface area contributed by atoms with Crippen LogP contribution in [0.4, 0.5) is 10.6 Å². The third-order valence-electron chi connectivity index (χ3n) is 10.8. The first-order valence-electron chi connectivity index (χ1n) is 19.6. The first-order valence-corrected chi connectivity index (χ1v) is 21.1. The number of nitrogens with zero attached hydrogens (tertiary/aromatic N) is 3. The number of alkyl carbamates (subject to hydrolysis) is 1. The fraction of sp³-hybridized carbons (Fsp3) is 0.615. The molecule has 3 aliphatic heterocycles. The molecular formula is C39H52N6O11S. The minimum Gasteiger partial charge on any atom is -0.497 e. The van der Waals surface area contributed by atoms with Crippen LogP contribution in [0, 0.1) is 5.92 Å². The molecule has 1 aromatic carbocycles. The molecule has 7 rings (SSSR count). The minimum atomic E-state index is -3.92. The van der Waals surface area contributed by atoms with E-state index in [1.54, 1.807) is 40.0 Å². The molecule has 5 aliphatic rings. The Balaban J connectivity index is 1.21. The van der Waals surface area contributed by atoms with Crippen molar-refractivity contribution < 1.29 is 51.3 Å². The van der Waals surface area contributed by atoms with Crippen LogP contribution in [0.3, 0.4) is 0 Å². The lowest BCUT2D eigenvalue weighted by molar-refractivity contribution is -0.141. The van der Waals surface area contributed by atoms with Crippen molar-refractivity contribution in [3.05, 3.63) is 36.4 Å². The summed E-state index contributed by atoms with van der Waals surface area (Å²) in [6.45, 7) is 7.79. The number of carbonyl (C=O) groups is 4. The lowest BCUT2D eigenvalue weighted by Crippen LogP contribution is -2.58. The fourth-order valence-corrected chi connectivity index (χ4v) is 8.85.